The first-order valence-electron chi connectivity index (χ1n) is 5.89. The largest absolute Gasteiger partial charge is 0.492 e. The van der Waals surface area contributed by atoms with Crippen LogP contribution in [0.2, 0.25) is 5.02 Å². The van der Waals surface area contributed by atoms with Crippen molar-refractivity contribution >= 4 is 11.6 Å². The zero-order valence-corrected chi connectivity index (χ0v) is 10.6. The molecule has 0 bridgehead atoms. The summed E-state index contributed by atoms with van der Waals surface area (Å²) in [6.45, 7) is 3.52. The highest BCUT2D eigenvalue weighted by molar-refractivity contribution is 6.32. The second-order valence-corrected chi connectivity index (χ2v) is 4.23. The molecular formula is C13H20ClNO. The Kier molecular flexibility index (Phi) is 6.27. The van der Waals surface area contributed by atoms with Gasteiger partial charge in [0.1, 0.15) is 5.75 Å². The number of para-hydroxylation sites is 1. The average molecular weight is 242 g/mol. The molecule has 90 valence electrons. The minimum atomic E-state index is 0.617. The number of nitrogens with two attached hydrogens (primary N) is 1. The second kappa shape index (κ2) is 7.53. The Balaban J connectivity index is 2.61. The number of rotatable bonds is 7. The van der Waals surface area contributed by atoms with E-state index < -0.39 is 0 Å². The molecule has 0 fully saturated rings. The van der Waals surface area contributed by atoms with E-state index in [1.54, 1.807) is 0 Å². The molecule has 0 unspecified atom stereocenters. The van der Waals surface area contributed by atoms with Gasteiger partial charge in [-0.3, -0.25) is 0 Å². The minimum absolute atomic E-state index is 0.617. The van der Waals surface area contributed by atoms with Gasteiger partial charge in [-0.25, -0.2) is 0 Å². The van der Waals surface area contributed by atoms with Crippen molar-refractivity contribution in [1.29, 1.82) is 0 Å². The van der Waals surface area contributed by atoms with Crippen molar-refractivity contribution in [3.63, 3.8) is 0 Å². The number of hydrogen-bond donors (Lipinski definition) is 1. The normalized spacial score (nSPS) is 10.4. The van der Waals surface area contributed by atoms with Crippen LogP contribution in [0.4, 0.5) is 0 Å². The van der Waals surface area contributed by atoms with Crippen LogP contribution < -0.4 is 10.5 Å². The predicted octanol–water partition coefficient (Wildman–Crippen LogP) is 3.41. The lowest BCUT2D eigenvalue weighted by atomic mass is 10.1. The van der Waals surface area contributed by atoms with E-state index in [4.69, 9.17) is 22.1 Å². The maximum Gasteiger partial charge on any atom is 0.141 e. The Hall–Kier alpha value is -0.730. The summed E-state index contributed by atoms with van der Waals surface area (Å²) >= 11 is 6.11. The molecule has 0 heterocycles. The van der Waals surface area contributed by atoms with E-state index in [0.717, 1.165) is 30.8 Å². The van der Waals surface area contributed by atoms with Crippen LogP contribution >= 0.6 is 11.6 Å². The molecule has 0 aromatic heterocycles. The Morgan fingerprint density at radius 3 is 2.81 bits per heavy atom. The fourth-order valence-corrected chi connectivity index (χ4v) is 1.84. The highest BCUT2D eigenvalue weighted by atomic mass is 35.5. The first-order valence-corrected chi connectivity index (χ1v) is 6.27. The number of hydrogen-bond acceptors (Lipinski definition) is 2. The van der Waals surface area contributed by atoms with Gasteiger partial charge in [0.15, 0.2) is 0 Å². The van der Waals surface area contributed by atoms with Crippen LogP contribution in [-0.4, -0.2) is 13.2 Å². The molecule has 0 spiro atoms. The molecule has 1 aromatic rings. The van der Waals surface area contributed by atoms with Crippen molar-refractivity contribution in [2.45, 2.75) is 32.6 Å². The summed E-state index contributed by atoms with van der Waals surface area (Å²) in [5.74, 6) is 0.811. The van der Waals surface area contributed by atoms with Crippen LogP contribution in [0.5, 0.6) is 5.75 Å². The molecule has 0 saturated carbocycles. The molecule has 0 atom stereocenters. The van der Waals surface area contributed by atoms with Crippen LogP contribution in [0.15, 0.2) is 18.2 Å². The van der Waals surface area contributed by atoms with Crippen molar-refractivity contribution in [3.05, 3.63) is 28.8 Å². The molecule has 16 heavy (non-hydrogen) atoms. The molecule has 0 radical (unpaired) electrons. The zero-order chi connectivity index (χ0) is 11.8. The van der Waals surface area contributed by atoms with Gasteiger partial charge in [-0.2, -0.15) is 0 Å². The molecule has 0 saturated heterocycles. The molecule has 2 N–H and O–H groups in total. The van der Waals surface area contributed by atoms with Gasteiger partial charge in [0.2, 0.25) is 0 Å². The summed E-state index contributed by atoms with van der Waals surface area (Å²) in [5.41, 5.74) is 6.66. The third-order valence-electron chi connectivity index (χ3n) is 2.46. The summed E-state index contributed by atoms with van der Waals surface area (Å²) in [5, 5.41) is 0.683. The minimum Gasteiger partial charge on any atom is -0.492 e. The topological polar surface area (TPSA) is 35.2 Å². The molecule has 0 amide bonds. The van der Waals surface area contributed by atoms with Crippen molar-refractivity contribution < 1.29 is 4.74 Å². The smallest absolute Gasteiger partial charge is 0.141 e. The van der Waals surface area contributed by atoms with E-state index >= 15 is 0 Å². The van der Waals surface area contributed by atoms with Crippen molar-refractivity contribution in [2.24, 2.45) is 5.73 Å². The van der Waals surface area contributed by atoms with Gasteiger partial charge in [0, 0.05) is 0 Å². The summed E-state index contributed by atoms with van der Waals surface area (Å²) in [6, 6.07) is 5.82. The SMILES string of the molecule is CCCCCOc1c(Cl)cccc1CCN. The van der Waals surface area contributed by atoms with E-state index in [1.807, 2.05) is 18.2 Å². The maximum atomic E-state index is 6.11. The number of ether oxygens (including phenoxy) is 1. The maximum absolute atomic E-state index is 6.11. The van der Waals surface area contributed by atoms with Crippen LogP contribution in [0.1, 0.15) is 31.7 Å². The molecule has 1 aromatic carbocycles. The van der Waals surface area contributed by atoms with Gasteiger partial charge in [0.25, 0.3) is 0 Å². The molecule has 0 aliphatic carbocycles. The fourth-order valence-electron chi connectivity index (χ4n) is 1.59. The fraction of sp³-hybridized carbons (Fsp3) is 0.538. The van der Waals surface area contributed by atoms with Crippen LogP contribution in [0.3, 0.4) is 0 Å². The summed E-state index contributed by atoms with van der Waals surface area (Å²) in [7, 11) is 0. The van der Waals surface area contributed by atoms with Gasteiger partial charge in [-0.05, 0) is 31.0 Å². The van der Waals surface area contributed by atoms with Crippen LogP contribution in [-0.2, 0) is 6.42 Å². The van der Waals surface area contributed by atoms with Crippen molar-refractivity contribution in [1.82, 2.24) is 0 Å². The standard InChI is InChI=1S/C13H20ClNO/c1-2-3-4-10-16-13-11(8-9-15)6-5-7-12(13)14/h5-7H,2-4,8-10,15H2,1H3. The number of unbranched alkanes of at least 4 members (excludes halogenated alkanes) is 2. The van der Waals surface area contributed by atoms with E-state index in [9.17, 15) is 0 Å². The second-order valence-electron chi connectivity index (χ2n) is 3.82. The van der Waals surface area contributed by atoms with Crippen LogP contribution in [0, 0.1) is 0 Å². The molecule has 0 aliphatic rings. The van der Waals surface area contributed by atoms with Gasteiger partial charge in [-0.1, -0.05) is 43.5 Å². The number of benzene rings is 1. The number of halogens is 1. The molecule has 0 aliphatic heterocycles. The van der Waals surface area contributed by atoms with E-state index in [2.05, 4.69) is 6.92 Å². The van der Waals surface area contributed by atoms with Gasteiger partial charge in [-0.15, -0.1) is 0 Å². The monoisotopic (exact) mass is 241 g/mol. The third kappa shape index (κ3) is 4.03. The van der Waals surface area contributed by atoms with Gasteiger partial charge < -0.3 is 10.5 Å². The molecule has 1 rings (SSSR count). The Morgan fingerprint density at radius 2 is 2.12 bits per heavy atom. The van der Waals surface area contributed by atoms with E-state index in [1.165, 1.54) is 12.8 Å². The summed E-state index contributed by atoms with van der Waals surface area (Å²) in [6.07, 6.45) is 4.27. The summed E-state index contributed by atoms with van der Waals surface area (Å²) in [4.78, 5) is 0. The zero-order valence-electron chi connectivity index (χ0n) is 9.84. The Bertz CT molecular complexity index is 315. The van der Waals surface area contributed by atoms with Crippen molar-refractivity contribution in [2.75, 3.05) is 13.2 Å². The molecular weight excluding hydrogens is 222 g/mol. The lowest BCUT2D eigenvalue weighted by Gasteiger charge is -2.12. The highest BCUT2D eigenvalue weighted by Crippen LogP contribution is 2.29. The Labute approximate surface area is 103 Å². The first kappa shape index (κ1) is 13.3. The summed E-state index contributed by atoms with van der Waals surface area (Å²) < 4.78 is 5.74. The average Bonchev–Trinajstić information content (AvgIpc) is 2.28. The lowest BCUT2D eigenvalue weighted by molar-refractivity contribution is 0.303. The predicted molar refractivity (Wildman–Crippen MR) is 69.2 cm³/mol. The Morgan fingerprint density at radius 1 is 1.31 bits per heavy atom. The molecule has 3 heteroatoms. The molecule has 2 nitrogen and oxygen atoms in total. The van der Waals surface area contributed by atoms with E-state index in [0.29, 0.717) is 11.6 Å². The van der Waals surface area contributed by atoms with E-state index in [-0.39, 0.29) is 0 Å². The van der Waals surface area contributed by atoms with Gasteiger partial charge >= 0.3 is 0 Å². The van der Waals surface area contributed by atoms with Gasteiger partial charge in [0.05, 0.1) is 11.6 Å². The first-order chi connectivity index (χ1) is 7.79. The quantitative estimate of drug-likeness (QED) is 0.743. The highest BCUT2D eigenvalue weighted by Gasteiger charge is 2.07. The lowest BCUT2D eigenvalue weighted by Crippen LogP contribution is -2.06. The van der Waals surface area contributed by atoms with Crippen molar-refractivity contribution in [3.8, 4) is 5.75 Å². The van der Waals surface area contributed by atoms with Crippen LogP contribution in [0.25, 0.3) is 0 Å². The third-order valence-corrected chi connectivity index (χ3v) is 2.75.